The number of allylic oxidation sites excluding steroid dienone is 1. The summed E-state index contributed by atoms with van der Waals surface area (Å²) >= 11 is 0. The zero-order chi connectivity index (χ0) is 8.97. The highest BCUT2D eigenvalue weighted by molar-refractivity contribution is 6.47. The van der Waals surface area contributed by atoms with Crippen LogP contribution in [0, 0.1) is 11.8 Å². The van der Waals surface area contributed by atoms with Crippen LogP contribution >= 0.6 is 0 Å². The van der Waals surface area contributed by atoms with Crippen molar-refractivity contribution in [1.82, 2.24) is 0 Å². The molecule has 1 fully saturated rings. The van der Waals surface area contributed by atoms with E-state index >= 15 is 0 Å². The molecule has 1 aliphatic rings. The van der Waals surface area contributed by atoms with E-state index in [1.54, 1.807) is 0 Å². The lowest BCUT2D eigenvalue weighted by Crippen LogP contribution is -2.16. The van der Waals surface area contributed by atoms with Crippen LogP contribution in [0.25, 0.3) is 0 Å². The van der Waals surface area contributed by atoms with Gasteiger partial charge in [-0.2, -0.15) is 0 Å². The molecule has 2 unspecified atom stereocenters. The van der Waals surface area contributed by atoms with Crippen LogP contribution in [0.5, 0.6) is 0 Å². The van der Waals surface area contributed by atoms with Crippen molar-refractivity contribution in [2.45, 2.75) is 32.6 Å². The highest BCUT2D eigenvalue weighted by Gasteiger charge is 2.18. The van der Waals surface area contributed by atoms with Crippen LogP contribution in [0.2, 0.25) is 0 Å². The minimum absolute atomic E-state index is 0.556. The summed E-state index contributed by atoms with van der Waals surface area (Å²) in [6, 6.07) is 0. The third-order valence-corrected chi connectivity index (χ3v) is 2.71. The second-order valence-electron chi connectivity index (χ2n) is 3.72. The fourth-order valence-electron chi connectivity index (χ4n) is 1.87. The zero-order valence-electron chi connectivity index (χ0n) is 7.61. The number of hydrogen-bond donors (Lipinski definition) is 2. The van der Waals surface area contributed by atoms with E-state index in [1.807, 2.05) is 6.08 Å². The second-order valence-corrected chi connectivity index (χ2v) is 3.72. The third-order valence-electron chi connectivity index (χ3n) is 2.71. The first-order valence-corrected chi connectivity index (χ1v) is 4.74. The summed E-state index contributed by atoms with van der Waals surface area (Å²) in [5.74, 6) is 2.74. The Morgan fingerprint density at radius 3 is 2.50 bits per heavy atom. The molecule has 0 amide bonds. The minimum atomic E-state index is -1.28. The molecule has 0 aromatic carbocycles. The van der Waals surface area contributed by atoms with Gasteiger partial charge in [0, 0.05) is 0 Å². The first kappa shape index (κ1) is 9.81. The molecule has 2 atom stereocenters. The zero-order valence-corrected chi connectivity index (χ0v) is 7.61. The highest BCUT2D eigenvalue weighted by atomic mass is 16.4. The molecule has 12 heavy (non-hydrogen) atoms. The van der Waals surface area contributed by atoms with Gasteiger partial charge >= 0.3 is 7.12 Å². The van der Waals surface area contributed by atoms with Crippen molar-refractivity contribution < 1.29 is 10.0 Å². The SMILES string of the molecule is CC1CCCCC1/C=C/B(O)O. The van der Waals surface area contributed by atoms with E-state index in [-0.39, 0.29) is 0 Å². The summed E-state index contributed by atoms with van der Waals surface area (Å²) in [5, 5.41) is 17.3. The first-order valence-electron chi connectivity index (χ1n) is 4.74. The fourth-order valence-corrected chi connectivity index (χ4v) is 1.87. The summed E-state index contributed by atoms with van der Waals surface area (Å²) in [6.45, 7) is 2.23. The monoisotopic (exact) mass is 168 g/mol. The average Bonchev–Trinajstić information content (AvgIpc) is 2.03. The standard InChI is InChI=1S/C9H17BO2/c1-8-4-2-3-5-9(8)6-7-10(11)12/h6-9,11-12H,2-5H2,1H3/b7-6+. The molecule has 0 bridgehead atoms. The molecule has 2 nitrogen and oxygen atoms in total. The van der Waals surface area contributed by atoms with E-state index in [0.717, 1.165) is 0 Å². The molecule has 1 saturated carbocycles. The summed E-state index contributed by atoms with van der Waals surface area (Å²) < 4.78 is 0. The van der Waals surface area contributed by atoms with Crippen molar-refractivity contribution in [2.24, 2.45) is 11.8 Å². The molecule has 0 saturated heterocycles. The van der Waals surface area contributed by atoms with E-state index in [2.05, 4.69) is 6.92 Å². The van der Waals surface area contributed by atoms with Crippen LogP contribution in [0.3, 0.4) is 0 Å². The normalized spacial score (nSPS) is 30.9. The van der Waals surface area contributed by atoms with Crippen LogP contribution in [0.1, 0.15) is 32.6 Å². The number of rotatable bonds is 2. The smallest absolute Gasteiger partial charge is 0.424 e. The predicted octanol–water partition coefficient (Wildman–Crippen LogP) is 1.38. The second kappa shape index (κ2) is 4.68. The predicted molar refractivity (Wildman–Crippen MR) is 50.5 cm³/mol. The van der Waals surface area contributed by atoms with E-state index in [1.165, 1.54) is 31.7 Å². The Morgan fingerprint density at radius 1 is 1.25 bits per heavy atom. The molecule has 3 heteroatoms. The Bertz CT molecular complexity index is 157. The van der Waals surface area contributed by atoms with E-state index in [0.29, 0.717) is 11.8 Å². The molecule has 0 aromatic rings. The summed E-state index contributed by atoms with van der Waals surface area (Å²) in [5.41, 5.74) is 0. The molecule has 0 spiro atoms. The molecule has 68 valence electrons. The van der Waals surface area contributed by atoms with Crippen molar-refractivity contribution in [2.75, 3.05) is 0 Å². The van der Waals surface area contributed by atoms with Gasteiger partial charge in [0.15, 0.2) is 0 Å². The Kier molecular flexibility index (Phi) is 3.82. The van der Waals surface area contributed by atoms with Gasteiger partial charge in [0.2, 0.25) is 0 Å². The minimum Gasteiger partial charge on any atom is -0.424 e. The van der Waals surface area contributed by atoms with Crippen LogP contribution in [0.15, 0.2) is 12.1 Å². The van der Waals surface area contributed by atoms with E-state index < -0.39 is 7.12 Å². The summed E-state index contributed by atoms with van der Waals surface area (Å²) in [6.07, 6.45) is 7.03. The molecule has 0 aliphatic heterocycles. The van der Waals surface area contributed by atoms with Gasteiger partial charge in [-0.25, -0.2) is 0 Å². The molecule has 1 aliphatic carbocycles. The molecule has 0 aromatic heterocycles. The quantitative estimate of drug-likeness (QED) is 0.611. The maximum absolute atomic E-state index is 8.64. The molecule has 2 N–H and O–H groups in total. The fraction of sp³-hybridized carbons (Fsp3) is 0.778. The topological polar surface area (TPSA) is 40.5 Å². The molecule has 0 radical (unpaired) electrons. The van der Waals surface area contributed by atoms with Gasteiger partial charge in [-0.05, 0) is 18.3 Å². The van der Waals surface area contributed by atoms with Gasteiger partial charge < -0.3 is 10.0 Å². The third kappa shape index (κ3) is 2.99. The van der Waals surface area contributed by atoms with E-state index in [9.17, 15) is 0 Å². The molecule has 1 rings (SSSR count). The van der Waals surface area contributed by atoms with Crippen LogP contribution in [-0.2, 0) is 0 Å². The van der Waals surface area contributed by atoms with Crippen molar-refractivity contribution in [3.05, 3.63) is 12.1 Å². The van der Waals surface area contributed by atoms with Crippen molar-refractivity contribution in [3.63, 3.8) is 0 Å². The van der Waals surface area contributed by atoms with Crippen LogP contribution < -0.4 is 0 Å². The lowest BCUT2D eigenvalue weighted by Gasteiger charge is -2.25. The maximum Gasteiger partial charge on any atom is 0.480 e. The molecular formula is C9H17BO2. The highest BCUT2D eigenvalue weighted by Crippen LogP contribution is 2.30. The maximum atomic E-state index is 8.64. The van der Waals surface area contributed by atoms with Crippen LogP contribution in [0.4, 0.5) is 0 Å². The first-order chi connectivity index (χ1) is 5.70. The molecule has 0 heterocycles. The Labute approximate surface area is 74.4 Å². The summed E-state index contributed by atoms with van der Waals surface area (Å²) in [4.78, 5) is 0. The Balaban J connectivity index is 2.38. The molecular weight excluding hydrogens is 151 g/mol. The van der Waals surface area contributed by atoms with Crippen molar-refractivity contribution >= 4 is 7.12 Å². The van der Waals surface area contributed by atoms with Crippen molar-refractivity contribution in [1.29, 1.82) is 0 Å². The largest absolute Gasteiger partial charge is 0.480 e. The van der Waals surface area contributed by atoms with Gasteiger partial charge in [-0.1, -0.05) is 38.2 Å². The summed E-state index contributed by atoms with van der Waals surface area (Å²) in [7, 11) is -1.28. The number of hydrogen-bond acceptors (Lipinski definition) is 2. The Hall–Kier alpha value is -0.275. The average molecular weight is 168 g/mol. The van der Waals surface area contributed by atoms with Gasteiger partial charge in [-0.15, -0.1) is 0 Å². The van der Waals surface area contributed by atoms with E-state index in [4.69, 9.17) is 10.0 Å². The Morgan fingerprint density at radius 2 is 1.92 bits per heavy atom. The van der Waals surface area contributed by atoms with Crippen molar-refractivity contribution in [3.8, 4) is 0 Å². The van der Waals surface area contributed by atoms with Crippen LogP contribution in [-0.4, -0.2) is 17.2 Å². The van der Waals surface area contributed by atoms with Gasteiger partial charge in [0.25, 0.3) is 0 Å². The lowest BCUT2D eigenvalue weighted by atomic mass is 9.78. The lowest BCUT2D eigenvalue weighted by molar-refractivity contribution is 0.306. The van der Waals surface area contributed by atoms with Gasteiger partial charge in [-0.3, -0.25) is 0 Å². The van der Waals surface area contributed by atoms with Gasteiger partial charge in [0.05, 0.1) is 0 Å². The van der Waals surface area contributed by atoms with Gasteiger partial charge in [0.1, 0.15) is 0 Å².